The number of rotatable bonds is 2. The third-order valence-electron chi connectivity index (χ3n) is 3.05. The molecule has 1 aliphatic heterocycles. The van der Waals surface area contributed by atoms with E-state index in [1.807, 2.05) is 0 Å². The van der Waals surface area contributed by atoms with Crippen molar-refractivity contribution in [3.8, 4) is 0 Å². The molecule has 2 heterocycles. The number of hydrogen-bond donors (Lipinski definition) is 0. The molecule has 1 aliphatic rings. The van der Waals surface area contributed by atoms with E-state index >= 15 is 0 Å². The predicted octanol–water partition coefficient (Wildman–Crippen LogP) is 2.23. The van der Waals surface area contributed by atoms with Crippen LogP contribution in [-0.2, 0) is 0 Å². The maximum absolute atomic E-state index is 13.8. The van der Waals surface area contributed by atoms with Gasteiger partial charge < -0.3 is 0 Å². The van der Waals surface area contributed by atoms with Gasteiger partial charge in [0.1, 0.15) is 5.82 Å². The predicted molar refractivity (Wildman–Crippen MR) is 58.4 cm³/mol. The Morgan fingerprint density at radius 3 is 2.89 bits per heavy atom. The molecular weight excluding hydrogens is 240 g/mol. The lowest BCUT2D eigenvalue weighted by molar-refractivity contribution is 0.111. The van der Waals surface area contributed by atoms with Crippen molar-refractivity contribution in [2.24, 2.45) is 0 Å². The highest BCUT2D eigenvalue weighted by atomic mass is 19.1. The van der Waals surface area contributed by atoms with Crippen molar-refractivity contribution in [2.75, 3.05) is 0 Å². The zero-order chi connectivity index (χ0) is 12.7. The highest BCUT2D eigenvalue weighted by Gasteiger charge is 2.36. The number of aromatic nitrogens is 3. The van der Waals surface area contributed by atoms with Crippen molar-refractivity contribution in [3.05, 3.63) is 47.3 Å². The zero-order valence-corrected chi connectivity index (χ0v) is 9.25. The van der Waals surface area contributed by atoms with Crippen LogP contribution in [0, 0.1) is 5.82 Å². The van der Waals surface area contributed by atoms with Crippen LogP contribution in [0.15, 0.2) is 24.3 Å². The van der Waals surface area contributed by atoms with E-state index in [4.69, 9.17) is 0 Å². The summed E-state index contributed by atoms with van der Waals surface area (Å²) in [7, 11) is 0. The highest BCUT2D eigenvalue weighted by Crippen LogP contribution is 2.39. The van der Waals surface area contributed by atoms with Gasteiger partial charge in [-0.1, -0.05) is 18.2 Å². The lowest BCUT2D eigenvalue weighted by Crippen LogP contribution is -2.09. The third-order valence-corrected chi connectivity index (χ3v) is 3.05. The number of alkyl halides is 1. The Hall–Kier alpha value is -2.11. The van der Waals surface area contributed by atoms with E-state index in [-0.39, 0.29) is 18.1 Å². The molecule has 4 nitrogen and oxygen atoms in total. The number of aldehydes is 1. The van der Waals surface area contributed by atoms with E-state index < -0.39 is 18.0 Å². The highest BCUT2D eigenvalue weighted by molar-refractivity contribution is 5.68. The summed E-state index contributed by atoms with van der Waals surface area (Å²) in [5.74, 6) is -0.398. The van der Waals surface area contributed by atoms with Gasteiger partial charge in [0.05, 0.1) is 6.04 Å². The summed E-state index contributed by atoms with van der Waals surface area (Å²) < 4.78 is 28.8. The lowest BCUT2D eigenvalue weighted by atomic mass is 10.0. The minimum atomic E-state index is -1.32. The molecule has 18 heavy (non-hydrogen) atoms. The smallest absolute Gasteiger partial charge is 0.214 e. The van der Waals surface area contributed by atoms with Crippen LogP contribution in [-0.4, -0.2) is 21.1 Å². The first kappa shape index (κ1) is 11.0. The van der Waals surface area contributed by atoms with Crippen molar-refractivity contribution >= 4 is 6.29 Å². The molecule has 3 rings (SSSR count). The molecule has 0 N–H and O–H groups in total. The average Bonchev–Trinajstić information content (AvgIpc) is 2.91. The van der Waals surface area contributed by atoms with Crippen LogP contribution >= 0.6 is 0 Å². The molecule has 2 atom stereocenters. The fourth-order valence-electron chi connectivity index (χ4n) is 2.25. The van der Waals surface area contributed by atoms with Gasteiger partial charge in [0.25, 0.3) is 0 Å². The molecule has 0 saturated carbocycles. The van der Waals surface area contributed by atoms with Gasteiger partial charge in [-0.3, -0.25) is 4.79 Å². The van der Waals surface area contributed by atoms with Gasteiger partial charge in [0, 0.05) is 12.0 Å². The van der Waals surface area contributed by atoms with Crippen LogP contribution in [0.25, 0.3) is 0 Å². The van der Waals surface area contributed by atoms with E-state index in [0.717, 1.165) is 0 Å². The summed E-state index contributed by atoms with van der Waals surface area (Å²) in [6.45, 7) is 0. The molecule has 0 aliphatic carbocycles. The Morgan fingerprint density at radius 2 is 2.17 bits per heavy atom. The molecule has 1 aromatic heterocycles. The summed E-state index contributed by atoms with van der Waals surface area (Å²) in [5, 5.41) is 3.89. The first-order chi connectivity index (χ1) is 8.70. The van der Waals surface area contributed by atoms with Crippen LogP contribution in [0.3, 0.4) is 0 Å². The average molecular weight is 249 g/mol. The van der Waals surface area contributed by atoms with Gasteiger partial charge in [-0.15, -0.1) is 5.10 Å². The van der Waals surface area contributed by atoms with Gasteiger partial charge in [-0.05, 0) is 6.07 Å². The fourth-order valence-corrected chi connectivity index (χ4v) is 2.25. The minimum absolute atomic E-state index is 0.0753. The second kappa shape index (κ2) is 3.97. The first-order valence-electron chi connectivity index (χ1n) is 5.51. The summed E-state index contributed by atoms with van der Waals surface area (Å²) in [6.07, 6.45) is -0.776. The molecule has 0 amide bonds. The Kier molecular flexibility index (Phi) is 2.43. The van der Waals surface area contributed by atoms with Crippen LogP contribution in [0.5, 0.6) is 0 Å². The second-order valence-corrected chi connectivity index (χ2v) is 4.13. The van der Waals surface area contributed by atoms with Crippen LogP contribution in [0.4, 0.5) is 8.78 Å². The Bertz CT molecular complexity index is 611. The fraction of sp³-hybridized carbons (Fsp3) is 0.250. The molecule has 92 valence electrons. The maximum Gasteiger partial charge on any atom is 0.214 e. The monoisotopic (exact) mass is 249 g/mol. The molecule has 2 aromatic rings. The number of carbonyl (C=O) groups excluding carboxylic acids is 1. The summed E-state index contributed by atoms with van der Waals surface area (Å²) >= 11 is 0. The van der Waals surface area contributed by atoms with E-state index in [1.54, 1.807) is 18.2 Å². The number of halogens is 2. The number of fused-ring (bicyclic) bond motifs is 1. The molecule has 0 saturated heterocycles. The van der Waals surface area contributed by atoms with Gasteiger partial charge >= 0.3 is 0 Å². The molecule has 0 fully saturated rings. The molecule has 6 heteroatoms. The van der Waals surface area contributed by atoms with E-state index in [2.05, 4.69) is 10.1 Å². The van der Waals surface area contributed by atoms with E-state index in [0.29, 0.717) is 11.8 Å². The van der Waals surface area contributed by atoms with Crippen molar-refractivity contribution in [1.29, 1.82) is 0 Å². The van der Waals surface area contributed by atoms with E-state index in [9.17, 15) is 13.6 Å². The summed E-state index contributed by atoms with van der Waals surface area (Å²) in [5.41, 5.74) is 0.362. The topological polar surface area (TPSA) is 47.8 Å². The Labute approximate surface area is 101 Å². The molecule has 0 radical (unpaired) electrons. The van der Waals surface area contributed by atoms with Crippen molar-refractivity contribution < 1.29 is 13.6 Å². The largest absolute Gasteiger partial charge is 0.294 e. The first-order valence-corrected chi connectivity index (χ1v) is 5.51. The lowest BCUT2D eigenvalue weighted by Gasteiger charge is -2.12. The quantitative estimate of drug-likeness (QED) is 0.767. The number of hydrogen-bond acceptors (Lipinski definition) is 3. The number of carbonyl (C=O) groups is 1. The standard InChI is InChI=1S/C12H9F2N3O/c13-8-4-2-1-3-7(8)10-5-9(14)12-15-11(6-18)16-17(10)12/h1-4,6,9-10H,5H2/t9-,10-/m0/s1. The number of benzene rings is 1. The minimum Gasteiger partial charge on any atom is -0.294 e. The molecular formula is C12H9F2N3O. The number of nitrogens with zero attached hydrogens (tertiary/aromatic N) is 3. The SMILES string of the molecule is O=Cc1nc2n(n1)[C@H](c1ccccc1F)C[C@@H]2F. The summed E-state index contributed by atoms with van der Waals surface area (Å²) in [6, 6.07) is 5.61. The Morgan fingerprint density at radius 1 is 1.39 bits per heavy atom. The van der Waals surface area contributed by atoms with Crippen molar-refractivity contribution in [3.63, 3.8) is 0 Å². The van der Waals surface area contributed by atoms with Crippen LogP contribution < -0.4 is 0 Å². The van der Waals surface area contributed by atoms with Gasteiger partial charge in [0.2, 0.25) is 5.82 Å². The molecule has 0 unspecified atom stereocenters. The third kappa shape index (κ3) is 1.53. The van der Waals surface area contributed by atoms with E-state index in [1.165, 1.54) is 10.7 Å². The zero-order valence-electron chi connectivity index (χ0n) is 9.25. The van der Waals surface area contributed by atoms with Gasteiger partial charge in [-0.25, -0.2) is 18.4 Å². The van der Waals surface area contributed by atoms with Crippen LogP contribution in [0.1, 0.15) is 40.6 Å². The Balaban J connectivity index is 2.09. The van der Waals surface area contributed by atoms with Gasteiger partial charge in [-0.2, -0.15) is 0 Å². The molecule has 0 bridgehead atoms. The molecule has 0 spiro atoms. The molecule has 1 aromatic carbocycles. The second-order valence-electron chi connectivity index (χ2n) is 4.13. The van der Waals surface area contributed by atoms with Crippen molar-refractivity contribution in [1.82, 2.24) is 14.8 Å². The maximum atomic E-state index is 13.8. The normalized spacial score (nSPS) is 21.9. The summed E-state index contributed by atoms with van der Waals surface area (Å²) in [4.78, 5) is 14.4. The van der Waals surface area contributed by atoms with Gasteiger partial charge in [0.15, 0.2) is 18.3 Å². The van der Waals surface area contributed by atoms with Crippen LogP contribution in [0.2, 0.25) is 0 Å². The van der Waals surface area contributed by atoms with Crippen molar-refractivity contribution in [2.45, 2.75) is 18.6 Å².